The Labute approximate surface area is 315 Å². The third-order valence-corrected chi connectivity index (χ3v) is 11.2. The minimum atomic E-state index is -1.01. The molecule has 9 rings (SSSR count). The number of halogens is 1. The zero-order chi connectivity index (χ0) is 38.0. The van der Waals surface area contributed by atoms with Crippen molar-refractivity contribution in [1.82, 2.24) is 20.0 Å². The number of benzene rings is 5. The number of nitrogens with one attached hydrogen (secondary N) is 1. The van der Waals surface area contributed by atoms with E-state index < -0.39 is 29.7 Å². The summed E-state index contributed by atoms with van der Waals surface area (Å²) in [5.41, 5.74) is 7.11. The number of piperazine rings is 1. The Balaban J connectivity index is 0.840. The number of hydrogen-bond donors (Lipinski definition) is 2. The first-order valence-corrected chi connectivity index (χ1v) is 18.4. The average molecular weight is 738 g/mol. The number of phenols is 1. The minimum absolute atomic E-state index is 0.0156. The fraction of sp³-hybridized carbons (Fsp3) is 0.233. The van der Waals surface area contributed by atoms with Crippen molar-refractivity contribution in [3.05, 3.63) is 119 Å². The average Bonchev–Trinajstić information content (AvgIpc) is 3.69. The van der Waals surface area contributed by atoms with Gasteiger partial charge in [0.15, 0.2) is 0 Å². The molecule has 5 amide bonds. The summed E-state index contributed by atoms with van der Waals surface area (Å²) in [4.78, 5) is 71.2. The fourth-order valence-electron chi connectivity index (χ4n) is 8.39. The first-order chi connectivity index (χ1) is 26.6. The van der Waals surface area contributed by atoms with Crippen LogP contribution in [0.3, 0.4) is 0 Å². The van der Waals surface area contributed by atoms with E-state index in [1.54, 1.807) is 36.4 Å². The van der Waals surface area contributed by atoms with Crippen LogP contribution < -0.4 is 10.2 Å². The topological polar surface area (TPSA) is 131 Å². The monoisotopic (exact) mass is 737 g/mol. The Morgan fingerprint density at radius 2 is 1.40 bits per heavy atom. The molecule has 2 fully saturated rings. The van der Waals surface area contributed by atoms with E-state index in [1.165, 1.54) is 12.1 Å². The quantitative estimate of drug-likeness (QED) is 0.231. The van der Waals surface area contributed by atoms with E-state index in [0.717, 1.165) is 54.7 Å². The van der Waals surface area contributed by atoms with Crippen molar-refractivity contribution in [1.29, 1.82) is 0 Å². The highest BCUT2D eigenvalue weighted by Crippen LogP contribution is 2.40. The van der Waals surface area contributed by atoms with Gasteiger partial charge in [-0.2, -0.15) is 0 Å². The van der Waals surface area contributed by atoms with Gasteiger partial charge in [-0.05, 0) is 99.1 Å². The molecule has 276 valence electrons. The van der Waals surface area contributed by atoms with Crippen LogP contribution in [-0.4, -0.2) is 88.1 Å². The number of carbonyl (C=O) groups excluding carboxylic acids is 5. The van der Waals surface area contributed by atoms with Gasteiger partial charge in [-0.3, -0.25) is 39.1 Å². The Bertz CT molecular complexity index is 2400. The molecule has 11 nitrogen and oxygen atoms in total. The van der Waals surface area contributed by atoms with E-state index in [9.17, 15) is 33.5 Å². The predicted molar refractivity (Wildman–Crippen MR) is 202 cm³/mol. The zero-order valence-electron chi connectivity index (χ0n) is 29.8. The van der Waals surface area contributed by atoms with Crippen molar-refractivity contribution in [2.75, 3.05) is 37.6 Å². The number of anilines is 1. The van der Waals surface area contributed by atoms with Crippen molar-refractivity contribution in [3.8, 4) is 28.0 Å². The highest BCUT2D eigenvalue weighted by Gasteiger charge is 2.45. The van der Waals surface area contributed by atoms with E-state index in [4.69, 9.17) is 0 Å². The molecule has 0 aromatic heterocycles. The lowest BCUT2D eigenvalue weighted by atomic mass is 9.89. The van der Waals surface area contributed by atoms with Gasteiger partial charge in [-0.15, -0.1) is 0 Å². The molecule has 2 saturated heterocycles. The summed E-state index contributed by atoms with van der Waals surface area (Å²) in [7, 11) is 0. The number of hydrogen-bond acceptors (Lipinski definition) is 8. The molecule has 0 radical (unpaired) electrons. The van der Waals surface area contributed by atoms with Crippen LogP contribution >= 0.6 is 0 Å². The molecule has 4 heterocycles. The van der Waals surface area contributed by atoms with Gasteiger partial charge < -0.3 is 14.9 Å². The summed E-state index contributed by atoms with van der Waals surface area (Å²) in [5.74, 6) is -2.23. The van der Waals surface area contributed by atoms with Gasteiger partial charge in [0.25, 0.3) is 11.8 Å². The maximum absolute atomic E-state index is 13.8. The third-order valence-electron chi connectivity index (χ3n) is 11.2. The normalized spacial score (nSPS) is 18.6. The number of carbonyl (C=O) groups is 5. The maximum atomic E-state index is 13.8. The molecule has 55 heavy (non-hydrogen) atoms. The van der Waals surface area contributed by atoms with Crippen LogP contribution in [0.4, 0.5) is 10.1 Å². The molecule has 4 aliphatic rings. The van der Waals surface area contributed by atoms with E-state index in [-0.39, 0.29) is 48.0 Å². The lowest BCUT2D eigenvalue weighted by molar-refractivity contribution is -0.136. The number of imide groups is 2. The Kier molecular flexibility index (Phi) is 8.42. The molecule has 12 heteroatoms. The van der Waals surface area contributed by atoms with Crippen molar-refractivity contribution in [2.24, 2.45) is 0 Å². The first kappa shape index (κ1) is 34.4. The molecule has 5 aromatic carbocycles. The van der Waals surface area contributed by atoms with Gasteiger partial charge in [0.05, 0.1) is 17.7 Å². The third kappa shape index (κ3) is 6.18. The van der Waals surface area contributed by atoms with Crippen LogP contribution in [-0.2, 0) is 27.5 Å². The zero-order valence-corrected chi connectivity index (χ0v) is 29.8. The van der Waals surface area contributed by atoms with E-state index in [2.05, 4.69) is 34.5 Å². The number of nitrogens with zero attached hydrogens (tertiary/aromatic N) is 4. The van der Waals surface area contributed by atoms with Gasteiger partial charge in [-0.1, -0.05) is 42.5 Å². The molecule has 1 unspecified atom stereocenters. The second kappa shape index (κ2) is 13.5. The summed E-state index contributed by atoms with van der Waals surface area (Å²) >= 11 is 0. The van der Waals surface area contributed by atoms with Gasteiger partial charge in [0, 0.05) is 51.4 Å². The molecule has 4 aliphatic heterocycles. The maximum Gasteiger partial charge on any atom is 0.262 e. The first-order valence-electron chi connectivity index (χ1n) is 18.4. The summed E-state index contributed by atoms with van der Waals surface area (Å²) in [6.45, 7) is 3.59. The van der Waals surface area contributed by atoms with Crippen LogP contribution in [0.15, 0.2) is 91.0 Å². The van der Waals surface area contributed by atoms with E-state index in [1.807, 2.05) is 28.0 Å². The smallest absolute Gasteiger partial charge is 0.262 e. The molecule has 5 aromatic rings. The van der Waals surface area contributed by atoms with Crippen molar-refractivity contribution in [2.45, 2.75) is 32.0 Å². The Morgan fingerprint density at radius 3 is 2.05 bits per heavy atom. The lowest BCUT2D eigenvalue weighted by Gasteiger charge is -2.36. The van der Waals surface area contributed by atoms with Crippen LogP contribution in [0.25, 0.3) is 33.0 Å². The number of piperidine rings is 1. The Hall–Kier alpha value is -6.40. The number of aromatic hydroxyl groups is 1. The van der Waals surface area contributed by atoms with Crippen molar-refractivity contribution >= 4 is 46.0 Å². The summed E-state index contributed by atoms with van der Waals surface area (Å²) < 4.78 is 13.8. The van der Waals surface area contributed by atoms with Crippen molar-refractivity contribution < 1.29 is 33.5 Å². The van der Waals surface area contributed by atoms with Crippen LogP contribution in [0, 0.1) is 5.82 Å². The predicted octanol–water partition coefficient (Wildman–Crippen LogP) is 5.08. The van der Waals surface area contributed by atoms with Crippen LogP contribution in [0.5, 0.6) is 5.75 Å². The molecule has 0 bridgehead atoms. The summed E-state index contributed by atoms with van der Waals surface area (Å²) in [5, 5.41) is 14.2. The fourth-order valence-corrected chi connectivity index (χ4v) is 8.39. The number of amides is 5. The van der Waals surface area contributed by atoms with Crippen LogP contribution in [0.2, 0.25) is 0 Å². The van der Waals surface area contributed by atoms with Gasteiger partial charge >= 0.3 is 0 Å². The number of phenolic OH excluding ortho intramolecular Hbond substituents is 1. The SMILES string of the molecule is O=C1CCC(N2C(=O)c3cc4c(cc3C2=O)CN(CC(=O)N2CCN(c3ccc(-c5c(-c6ccc(F)cc6)ccc6cc(O)ccc56)cc3)CC2)C4)C(=O)N1. The van der Waals surface area contributed by atoms with Crippen LogP contribution in [0.1, 0.15) is 44.7 Å². The highest BCUT2D eigenvalue weighted by atomic mass is 19.1. The lowest BCUT2D eigenvalue weighted by Crippen LogP contribution is -2.54. The van der Waals surface area contributed by atoms with Crippen molar-refractivity contribution in [3.63, 3.8) is 0 Å². The largest absolute Gasteiger partial charge is 0.508 e. The molecular formula is C43H36FN5O6. The van der Waals surface area contributed by atoms with E-state index >= 15 is 0 Å². The number of fused-ring (bicyclic) bond motifs is 3. The minimum Gasteiger partial charge on any atom is -0.508 e. The molecule has 2 N–H and O–H groups in total. The van der Waals surface area contributed by atoms with E-state index in [0.29, 0.717) is 39.3 Å². The van der Waals surface area contributed by atoms with Gasteiger partial charge in [-0.25, -0.2) is 4.39 Å². The second-order valence-electron chi connectivity index (χ2n) is 14.6. The Morgan fingerprint density at radius 1 is 0.745 bits per heavy atom. The summed E-state index contributed by atoms with van der Waals surface area (Å²) in [6.07, 6.45) is 0.167. The van der Waals surface area contributed by atoms with Gasteiger partial charge in [0.1, 0.15) is 17.6 Å². The molecule has 0 saturated carbocycles. The second-order valence-corrected chi connectivity index (χ2v) is 14.6. The molecule has 0 spiro atoms. The summed E-state index contributed by atoms with van der Waals surface area (Å²) in [6, 6.07) is 26.5. The molecular weight excluding hydrogens is 702 g/mol. The van der Waals surface area contributed by atoms with Gasteiger partial charge in [0.2, 0.25) is 17.7 Å². The highest BCUT2D eigenvalue weighted by molar-refractivity contribution is 6.23. The number of rotatable bonds is 6. The standard InChI is InChI=1S/C43H36FN5O6/c44-30-6-1-25(2-7-30)33-11-5-27-19-32(50)10-12-34(27)40(33)26-3-8-31(9-4-26)47-15-17-48(18-16-47)39(52)24-46-22-28-20-35-36(21-29(28)23-46)43(55)49(42(35)54)37-13-14-38(51)45-41(37)53/h1-12,19-21,37,50H,13-18,22-24H2,(H,45,51,53). The molecule has 0 aliphatic carbocycles. The molecule has 1 atom stereocenters.